The Hall–Kier alpha value is 0.620. The highest BCUT2D eigenvalue weighted by molar-refractivity contribution is 8.07. The molecule has 0 radical (unpaired) electrons. The molecule has 0 saturated carbocycles. The molecule has 1 fully saturated rings. The van der Waals surface area contributed by atoms with Gasteiger partial charge >= 0.3 is 0 Å². The van der Waals surface area contributed by atoms with E-state index < -0.39 is 0 Å². The average Bonchev–Trinajstić information content (AvgIpc) is 2.36. The summed E-state index contributed by atoms with van der Waals surface area (Å²) in [5.74, 6) is 2.54. The molecule has 17 heavy (non-hydrogen) atoms. The van der Waals surface area contributed by atoms with Gasteiger partial charge in [-0.15, -0.1) is 0 Å². The molecule has 0 aromatic rings. The number of hydrogen-bond donors (Lipinski definition) is 1. The SMILES string of the molecule is CCC1SCCSC1C(N)CCC(C)(C)OC. The summed E-state index contributed by atoms with van der Waals surface area (Å²) in [6.07, 6.45) is 3.35. The molecule has 0 aromatic heterocycles. The largest absolute Gasteiger partial charge is 0.379 e. The molecule has 0 aliphatic carbocycles. The monoisotopic (exact) mass is 277 g/mol. The lowest BCUT2D eigenvalue weighted by Gasteiger charge is -2.35. The van der Waals surface area contributed by atoms with Gasteiger partial charge in [-0.1, -0.05) is 6.92 Å². The lowest BCUT2D eigenvalue weighted by atomic mass is 9.96. The predicted octanol–water partition coefficient (Wildman–Crippen LogP) is 3.15. The standard InChI is InChI=1S/C13H27NOS2/c1-5-11-12(17-9-8-16-11)10(14)6-7-13(2,3)15-4/h10-12H,5-9,14H2,1-4H3. The normalized spacial score (nSPS) is 28.1. The Balaban J connectivity index is 2.42. The summed E-state index contributed by atoms with van der Waals surface area (Å²) in [7, 11) is 1.78. The van der Waals surface area contributed by atoms with Crippen molar-refractivity contribution in [2.75, 3.05) is 18.6 Å². The van der Waals surface area contributed by atoms with Crippen molar-refractivity contribution < 1.29 is 4.74 Å². The fourth-order valence-electron chi connectivity index (χ4n) is 2.12. The molecule has 2 N–H and O–H groups in total. The maximum absolute atomic E-state index is 6.39. The zero-order valence-corrected chi connectivity index (χ0v) is 13.2. The van der Waals surface area contributed by atoms with E-state index in [1.54, 1.807) is 7.11 Å². The highest BCUT2D eigenvalue weighted by atomic mass is 32.2. The van der Waals surface area contributed by atoms with Gasteiger partial charge < -0.3 is 10.5 Å². The van der Waals surface area contributed by atoms with Crippen molar-refractivity contribution >= 4 is 23.5 Å². The minimum absolute atomic E-state index is 0.0359. The molecule has 2 nitrogen and oxygen atoms in total. The number of methoxy groups -OCH3 is 1. The van der Waals surface area contributed by atoms with Crippen molar-refractivity contribution in [3.63, 3.8) is 0 Å². The molecule has 3 atom stereocenters. The fraction of sp³-hybridized carbons (Fsp3) is 1.00. The molecule has 1 aliphatic rings. The zero-order chi connectivity index (χ0) is 12.9. The third kappa shape index (κ3) is 5.01. The Morgan fingerprint density at radius 1 is 1.35 bits per heavy atom. The van der Waals surface area contributed by atoms with Gasteiger partial charge in [0, 0.05) is 35.2 Å². The fourth-order valence-corrected chi connectivity index (χ4v) is 5.35. The van der Waals surface area contributed by atoms with Crippen molar-refractivity contribution in [3.8, 4) is 0 Å². The smallest absolute Gasteiger partial charge is 0.0623 e. The summed E-state index contributed by atoms with van der Waals surface area (Å²) in [5, 5.41) is 1.38. The molecule has 1 saturated heterocycles. The Labute approximate surface area is 115 Å². The van der Waals surface area contributed by atoms with E-state index in [9.17, 15) is 0 Å². The predicted molar refractivity (Wildman–Crippen MR) is 81.1 cm³/mol. The number of nitrogens with two attached hydrogens (primary N) is 1. The topological polar surface area (TPSA) is 35.2 Å². The molecular formula is C13H27NOS2. The van der Waals surface area contributed by atoms with Crippen LogP contribution in [0.5, 0.6) is 0 Å². The van der Waals surface area contributed by atoms with Gasteiger partial charge in [-0.3, -0.25) is 0 Å². The molecule has 3 unspecified atom stereocenters. The van der Waals surface area contributed by atoms with Gasteiger partial charge in [0.25, 0.3) is 0 Å². The molecule has 1 heterocycles. The lowest BCUT2D eigenvalue weighted by Crippen LogP contribution is -2.42. The molecule has 0 spiro atoms. The van der Waals surface area contributed by atoms with Crippen LogP contribution in [0.25, 0.3) is 0 Å². The molecular weight excluding hydrogens is 250 g/mol. The van der Waals surface area contributed by atoms with Crippen molar-refractivity contribution in [3.05, 3.63) is 0 Å². The second-order valence-electron chi connectivity index (χ2n) is 5.32. The van der Waals surface area contributed by atoms with Gasteiger partial charge in [-0.2, -0.15) is 23.5 Å². The van der Waals surface area contributed by atoms with E-state index in [0.29, 0.717) is 11.3 Å². The van der Waals surface area contributed by atoms with Crippen molar-refractivity contribution in [1.82, 2.24) is 0 Å². The number of thioether (sulfide) groups is 2. The quantitative estimate of drug-likeness (QED) is 0.809. The maximum Gasteiger partial charge on any atom is 0.0623 e. The van der Waals surface area contributed by atoms with Crippen LogP contribution in [0.1, 0.15) is 40.0 Å². The minimum atomic E-state index is -0.0359. The van der Waals surface area contributed by atoms with Crippen LogP contribution < -0.4 is 5.73 Å². The molecule has 1 rings (SSSR count). The minimum Gasteiger partial charge on any atom is -0.379 e. The summed E-state index contributed by atoms with van der Waals surface area (Å²) >= 11 is 4.18. The molecule has 4 heteroatoms. The van der Waals surface area contributed by atoms with Gasteiger partial charge in [-0.05, 0) is 33.1 Å². The average molecular weight is 277 g/mol. The first-order chi connectivity index (χ1) is 8.00. The van der Waals surface area contributed by atoms with Crippen molar-refractivity contribution in [2.24, 2.45) is 5.73 Å². The van der Waals surface area contributed by atoms with E-state index in [4.69, 9.17) is 10.5 Å². The summed E-state index contributed by atoms with van der Waals surface area (Å²) in [6, 6.07) is 0.312. The van der Waals surface area contributed by atoms with Crippen LogP contribution in [0.15, 0.2) is 0 Å². The first-order valence-electron chi connectivity index (χ1n) is 6.54. The highest BCUT2D eigenvalue weighted by Gasteiger charge is 2.31. The van der Waals surface area contributed by atoms with Crippen LogP contribution in [-0.2, 0) is 4.74 Å². The summed E-state index contributed by atoms with van der Waals surface area (Å²) in [5.41, 5.74) is 6.35. The van der Waals surface area contributed by atoms with Crippen molar-refractivity contribution in [2.45, 2.75) is 62.2 Å². The number of hydrogen-bond acceptors (Lipinski definition) is 4. The van der Waals surface area contributed by atoms with E-state index in [2.05, 4.69) is 44.3 Å². The van der Waals surface area contributed by atoms with Crippen LogP contribution in [0, 0.1) is 0 Å². The van der Waals surface area contributed by atoms with E-state index >= 15 is 0 Å². The van der Waals surface area contributed by atoms with Gasteiger partial charge in [0.15, 0.2) is 0 Å². The van der Waals surface area contributed by atoms with E-state index in [1.165, 1.54) is 17.9 Å². The van der Waals surface area contributed by atoms with Crippen LogP contribution >= 0.6 is 23.5 Å². The van der Waals surface area contributed by atoms with Crippen LogP contribution in [0.2, 0.25) is 0 Å². The Morgan fingerprint density at radius 3 is 2.59 bits per heavy atom. The molecule has 0 aromatic carbocycles. The Kier molecular flexibility index (Phi) is 6.70. The second-order valence-corrected chi connectivity index (χ2v) is 7.95. The van der Waals surface area contributed by atoms with Crippen LogP contribution in [0.3, 0.4) is 0 Å². The van der Waals surface area contributed by atoms with Gasteiger partial charge in [0.2, 0.25) is 0 Å². The second kappa shape index (κ2) is 7.27. The maximum atomic E-state index is 6.39. The lowest BCUT2D eigenvalue weighted by molar-refractivity contribution is 0.0125. The Bertz CT molecular complexity index is 223. The van der Waals surface area contributed by atoms with Crippen LogP contribution in [-0.4, -0.2) is 40.8 Å². The number of rotatable bonds is 6. The third-order valence-electron chi connectivity index (χ3n) is 3.55. The molecule has 1 aliphatic heterocycles. The van der Waals surface area contributed by atoms with Gasteiger partial charge in [0.05, 0.1) is 5.60 Å². The first-order valence-corrected chi connectivity index (χ1v) is 8.64. The first kappa shape index (κ1) is 15.7. The van der Waals surface area contributed by atoms with Gasteiger partial charge in [-0.25, -0.2) is 0 Å². The van der Waals surface area contributed by atoms with Crippen LogP contribution in [0.4, 0.5) is 0 Å². The summed E-state index contributed by atoms with van der Waals surface area (Å²) < 4.78 is 5.46. The number of ether oxygens (including phenoxy) is 1. The van der Waals surface area contributed by atoms with Gasteiger partial charge in [0.1, 0.15) is 0 Å². The molecule has 0 amide bonds. The van der Waals surface area contributed by atoms with Crippen molar-refractivity contribution in [1.29, 1.82) is 0 Å². The van der Waals surface area contributed by atoms with E-state index in [1.807, 2.05) is 0 Å². The molecule has 102 valence electrons. The summed E-state index contributed by atoms with van der Waals surface area (Å²) in [6.45, 7) is 6.56. The third-order valence-corrected chi connectivity index (χ3v) is 6.98. The summed E-state index contributed by atoms with van der Waals surface area (Å²) in [4.78, 5) is 0. The van der Waals surface area contributed by atoms with E-state index in [0.717, 1.165) is 18.1 Å². The highest BCUT2D eigenvalue weighted by Crippen LogP contribution is 2.36. The molecule has 0 bridgehead atoms. The van der Waals surface area contributed by atoms with E-state index in [-0.39, 0.29) is 5.60 Å². The zero-order valence-electron chi connectivity index (χ0n) is 11.6. The Morgan fingerprint density at radius 2 is 2.00 bits per heavy atom.